The number of ether oxygens (including phenoxy) is 1. The van der Waals surface area contributed by atoms with Crippen LogP contribution in [0.25, 0.3) is 10.8 Å². The number of rotatable bonds is 11. The van der Waals surface area contributed by atoms with Gasteiger partial charge in [-0.2, -0.15) is 4.72 Å². The van der Waals surface area contributed by atoms with Gasteiger partial charge in [-0.3, -0.25) is 9.69 Å². The van der Waals surface area contributed by atoms with E-state index in [2.05, 4.69) is 4.72 Å². The Morgan fingerprint density at radius 1 is 1.11 bits per heavy atom. The molecule has 1 aliphatic rings. The molecule has 1 heterocycles. The summed E-state index contributed by atoms with van der Waals surface area (Å²) in [6.07, 6.45) is -2.72. The Morgan fingerprint density at radius 3 is 2.43 bits per heavy atom. The summed E-state index contributed by atoms with van der Waals surface area (Å²) in [6, 6.07) is 8.55. The van der Waals surface area contributed by atoms with Crippen molar-refractivity contribution in [3.8, 4) is 0 Å². The highest BCUT2D eigenvalue weighted by Gasteiger charge is 2.40. The van der Waals surface area contributed by atoms with Crippen molar-refractivity contribution in [2.24, 2.45) is 0 Å². The topological polar surface area (TPSA) is 160 Å². The number of unbranched alkanes of at least 4 members (excludes halogenated alkanes) is 1. The van der Waals surface area contributed by atoms with E-state index in [9.17, 15) is 33.6 Å². The van der Waals surface area contributed by atoms with Gasteiger partial charge in [-0.15, -0.1) is 0 Å². The Bertz CT molecular complexity index is 1180. The molecule has 0 bridgehead atoms. The van der Waals surface area contributed by atoms with Crippen LogP contribution in [0.1, 0.15) is 19.3 Å². The third-order valence-electron chi connectivity index (χ3n) is 6.82. The highest BCUT2D eigenvalue weighted by Crippen LogP contribution is 2.30. The first-order valence-electron chi connectivity index (χ1n) is 12.2. The van der Waals surface area contributed by atoms with Gasteiger partial charge < -0.3 is 30.1 Å². The van der Waals surface area contributed by atoms with E-state index in [1.807, 2.05) is 31.1 Å². The van der Waals surface area contributed by atoms with Crippen molar-refractivity contribution in [1.29, 1.82) is 0 Å². The number of fused-ring (bicyclic) bond motifs is 1. The smallest absolute Gasteiger partial charge is 0.323 e. The number of anilines is 1. The average molecular weight is 540 g/mol. The Balaban J connectivity index is 1.71. The van der Waals surface area contributed by atoms with E-state index in [1.165, 1.54) is 13.2 Å². The van der Waals surface area contributed by atoms with Crippen LogP contribution >= 0.6 is 0 Å². The predicted molar refractivity (Wildman–Crippen MR) is 139 cm³/mol. The van der Waals surface area contributed by atoms with E-state index < -0.39 is 53.0 Å². The first-order valence-corrected chi connectivity index (χ1v) is 13.7. The van der Waals surface area contributed by atoms with Crippen LogP contribution in [0, 0.1) is 0 Å². The van der Waals surface area contributed by atoms with Gasteiger partial charge in [-0.05, 0) is 37.9 Å². The van der Waals surface area contributed by atoms with Crippen molar-refractivity contribution in [1.82, 2.24) is 9.62 Å². The summed E-state index contributed by atoms with van der Waals surface area (Å²) >= 11 is 0. The molecule has 2 aromatic rings. The standard InChI is InChI=1S/C25H37N3O8S/c1-27(2)19-11-6-9-17-16(19)8-7-12-22(17)37(34,35)26-18(25(33)36-3)10-4-5-13-28-14-21(30)24(32)23(31)20(28)15-29/h6-9,11-12,18,20-21,23-24,26,29-32H,4-5,10,13-15H2,1-3H3/t18-,20+,21-,23-,24+/m0/s1. The van der Waals surface area contributed by atoms with Gasteiger partial charge in [0.15, 0.2) is 0 Å². The second-order valence-electron chi connectivity index (χ2n) is 9.51. The maximum atomic E-state index is 13.4. The number of β-amino-alcohol motifs (C(OH)–C–C–N with tert-alkyl or cyclic N) is 1. The van der Waals surface area contributed by atoms with Gasteiger partial charge in [-0.1, -0.05) is 24.3 Å². The second-order valence-corrected chi connectivity index (χ2v) is 11.2. The summed E-state index contributed by atoms with van der Waals surface area (Å²) in [4.78, 5) is 16.1. The van der Waals surface area contributed by atoms with Gasteiger partial charge in [0.05, 0.1) is 30.8 Å². The van der Waals surface area contributed by atoms with Crippen LogP contribution in [0.3, 0.4) is 0 Å². The zero-order chi connectivity index (χ0) is 27.3. The van der Waals surface area contributed by atoms with E-state index in [0.717, 1.165) is 11.1 Å². The molecule has 11 nitrogen and oxygen atoms in total. The zero-order valence-electron chi connectivity index (χ0n) is 21.3. The molecule has 2 aromatic carbocycles. The summed E-state index contributed by atoms with van der Waals surface area (Å²) < 4.78 is 34.1. The van der Waals surface area contributed by atoms with Gasteiger partial charge in [0.1, 0.15) is 18.2 Å². The lowest BCUT2D eigenvalue weighted by Gasteiger charge is -2.43. The highest BCUT2D eigenvalue weighted by molar-refractivity contribution is 7.89. The third-order valence-corrected chi connectivity index (χ3v) is 8.35. The summed E-state index contributed by atoms with van der Waals surface area (Å²) in [5.41, 5.74) is 0.862. The number of hydrogen-bond acceptors (Lipinski definition) is 10. The number of nitrogens with one attached hydrogen (secondary N) is 1. The Labute approximate surface area is 217 Å². The lowest BCUT2D eigenvalue weighted by molar-refractivity contribution is -0.145. The van der Waals surface area contributed by atoms with E-state index in [4.69, 9.17) is 4.74 Å². The van der Waals surface area contributed by atoms with Crippen molar-refractivity contribution in [2.45, 2.75) is 54.6 Å². The average Bonchev–Trinajstić information content (AvgIpc) is 2.87. The first-order chi connectivity index (χ1) is 17.5. The van der Waals surface area contributed by atoms with E-state index in [-0.39, 0.29) is 17.9 Å². The summed E-state index contributed by atoms with van der Waals surface area (Å²) in [5.74, 6) is -0.710. The van der Waals surface area contributed by atoms with Gasteiger partial charge in [0.25, 0.3) is 0 Å². The molecule has 0 aliphatic carbocycles. The highest BCUT2D eigenvalue weighted by atomic mass is 32.2. The molecule has 1 saturated heterocycles. The fraction of sp³-hybridized carbons (Fsp3) is 0.560. The number of nitrogens with zero attached hydrogens (tertiary/aromatic N) is 2. The molecule has 5 N–H and O–H groups in total. The minimum atomic E-state index is -4.08. The number of hydrogen-bond donors (Lipinski definition) is 5. The SMILES string of the molecule is COC(=O)[C@H](CCCCN1C[C@H](O)[C@@H](O)[C@@H](O)[C@H]1CO)NS(=O)(=O)c1cccc2c(N(C)C)cccc12. The number of aliphatic hydroxyl groups excluding tert-OH is 4. The van der Waals surface area contributed by atoms with Crippen molar-refractivity contribution >= 4 is 32.5 Å². The van der Waals surface area contributed by atoms with E-state index in [1.54, 1.807) is 23.1 Å². The number of piperidine rings is 1. The summed E-state index contributed by atoms with van der Waals surface area (Å²) in [5, 5.41) is 40.9. The molecule has 0 aromatic heterocycles. The normalized spacial score (nSPS) is 23.6. The molecule has 5 atom stereocenters. The van der Waals surface area contributed by atoms with Gasteiger partial charge in [0, 0.05) is 37.1 Å². The fourth-order valence-electron chi connectivity index (χ4n) is 4.81. The summed E-state index contributed by atoms with van der Waals surface area (Å²) in [6.45, 7) is 0.0476. The van der Waals surface area contributed by atoms with Crippen LogP contribution in [0.4, 0.5) is 5.69 Å². The molecule has 3 rings (SSSR count). The largest absolute Gasteiger partial charge is 0.468 e. The molecule has 1 fully saturated rings. The van der Waals surface area contributed by atoms with Crippen LogP contribution in [-0.4, -0.2) is 111 Å². The first kappa shape index (κ1) is 29.2. The van der Waals surface area contributed by atoms with Crippen molar-refractivity contribution in [2.75, 3.05) is 45.8 Å². The fourth-order valence-corrected chi connectivity index (χ4v) is 6.25. The van der Waals surface area contributed by atoms with Gasteiger partial charge in [-0.25, -0.2) is 8.42 Å². The molecule has 206 valence electrons. The lowest BCUT2D eigenvalue weighted by Crippen LogP contribution is -2.62. The maximum Gasteiger partial charge on any atom is 0.323 e. The van der Waals surface area contributed by atoms with Gasteiger partial charge >= 0.3 is 5.97 Å². The predicted octanol–water partition coefficient (Wildman–Crippen LogP) is -0.345. The lowest BCUT2D eigenvalue weighted by atomic mass is 9.94. The number of carbonyl (C=O) groups is 1. The quantitative estimate of drug-likeness (QED) is 0.189. The van der Waals surface area contributed by atoms with Crippen LogP contribution in [0.15, 0.2) is 41.3 Å². The molecule has 0 radical (unpaired) electrons. The van der Waals surface area contributed by atoms with Crippen LogP contribution in [0.2, 0.25) is 0 Å². The number of benzene rings is 2. The number of aliphatic hydroxyl groups is 4. The maximum absolute atomic E-state index is 13.4. The van der Waals surface area contributed by atoms with Gasteiger partial charge in [0.2, 0.25) is 10.0 Å². The van der Waals surface area contributed by atoms with Crippen molar-refractivity contribution in [3.05, 3.63) is 36.4 Å². The molecule has 0 unspecified atom stereocenters. The molecule has 12 heteroatoms. The molecular formula is C25H37N3O8S. The number of esters is 1. The van der Waals surface area contributed by atoms with Crippen molar-refractivity contribution < 1.29 is 38.4 Å². The zero-order valence-corrected chi connectivity index (χ0v) is 22.1. The minimum absolute atomic E-state index is 0.0586. The molecule has 1 aliphatic heterocycles. The molecule has 0 saturated carbocycles. The third kappa shape index (κ3) is 6.58. The Morgan fingerprint density at radius 2 is 1.78 bits per heavy atom. The number of sulfonamides is 1. The van der Waals surface area contributed by atoms with Crippen LogP contribution in [0.5, 0.6) is 0 Å². The molecule has 37 heavy (non-hydrogen) atoms. The van der Waals surface area contributed by atoms with E-state index in [0.29, 0.717) is 24.8 Å². The summed E-state index contributed by atoms with van der Waals surface area (Å²) in [7, 11) is 0.857. The molecular weight excluding hydrogens is 502 g/mol. The molecule has 0 spiro atoms. The number of likely N-dealkylation sites (tertiary alicyclic amines) is 1. The number of methoxy groups -OCH3 is 1. The van der Waals surface area contributed by atoms with Crippen LogP contribution < -0.4 is 9.62 Å². The van der Waals surface area contributed by atoms with Crippen molar-refractivity contribution in [3.63, 3.8) is 0 Å². The second kappa shape index (κ2) is 12.5. The minimum Gasteiger partial charge on any atom is -0.468 e. The Kier molecular flexibility index (Phi) is 9.86. The number of carbonyl (C=O) groups excluding carboxylic acids is 1. The monoisotopic (exact) mass is 539 g/mol. The molecule has 0 amide bonds. The Hall–Kier alpha value is -2.32. The van der Waals surface area contributed by atoms with Crippen LogP contribution in [-0.2, 0) is 19.6 Å². The van der Waals surface area contributed by atoms with E-state index >= 15 is 0 Å².